The molecule has 1 unspecified atom stereocenters. The van der Waals surface area contributed by atoms with Crippen molar-refractivity contribution in [3.8, 4) is 0 Å². The van der Waals surface area contributed by atoms with Gasteiger partial charge in [0.15, 0.2) is 5.96 Å². The van der Waals surface area contributed by atoms with E-state index in [0.29, 0.717) is 32.8 Å². The summed E-state index contributed by atoms with van der Waals surface area (Å²) in [4.78, 5) is 6.61. The van der Waals surface area contributed by atoms with Crippen molar-refractivity contribution in [1.82, 2.24) is 4.90 Å². The molecule has 9 heteroatoms. The molecule has 30 heavy (non-hydrogen) atoms. The van der Waals surface area contributed by atoms with Crippen LogP contribution in [0.3, 0.4) is 0 Å². The van der Waals surface area contributed by atoms with Gasteiger partial charge in [-0.1, -0.05) is 29.8 Å². The second kappa shape index (κ2) is 11.0. The molecule has 2 aromatic rings. The molecule has 1 heterocycles. The third kappa shape index (κ3) is 6.85. The molecule has 0 aliphatic carbocycles. The Morgan fingerprint density at radius 2 is 1.70 bits per heavy atom. The molecular weight excluding hydrogens is 508 g/mol. The van der Waals surface area contributed by atoms with Crippen LogP contribution in [0.5, 0.6) is 0 Å². The zero-order chi connectivity index (χ0) is 20.9. The molecule has 1 atom stereocenters. The number of guanidine groups is 1. The zero-order valence-corrected chi connectivity index (χ0v) is 19.0. The van der Waals surface area contributed by atoms with Crippen molar-refractivity contribution in [2.24, 2.45) is 10.7 Å². The smallest absolute Gasteiger partial charge is 0.379 e. The van der Waals surface area contributed by atoms with E-state index in [4.69, 9.17) is 10.5 Å². The van der Waals surface area contributed by atoms with Gasteiger partial charge in [-0.25, -0.2) is 0 Å². The summed E-state index contributed by atoms with van der Waals surface area (Å²) in [5, 5.41) is 3.04. The zero-order valence-electron chi connectivity index (χ0n) is 16.7. The first-order valence-corrected chi connectivity index (χ1v) is 9.45. The second-order valence-electron chi connectivity index (χ2n) is 7.00. The molecule has 1 fully saturated rings. The molecule has 5 nitrogen and oxygen atoms in total. The van der Waals surface area contributed by atoms with E-state index in [1.54, 1.807) is 0 Å². The summed E-state index contributed by atoms with van der Waals surface area (Å²) in [6, 6.07) is 12.8. The number of nitrogens with zero attached hydrogens (tertiary/aromatic N) is 2. The Kier molecular flexibility index (Phi) is 8.92. The summed E-state index contributed by atoms with van der Waals surface area (Å²) in [5.74, 6) is 0.263. The van der Waals surface area contributed by atoms with Gasteiger partial charge in [-0.15, -0.1) is 24.0 Å². The highest BCUT2D eigenvalue weighted by molar-refractivity contribution is 14.0. The molecule has 0 radical (unpaired) electrons. The number of morpholine rings is 1. The minimum absolute atomic E-state index is 0. The lowest BCUT2D eigenvalue weighted by molar-refractivity contribution is -0.137. The van der Waals surface area contributed by atoms with E-state index < -0.39 is 11.7 Å². The van der Waals surface area contributed by atoms with Gasteiger partial charge in [-0.05, 0) is 36.8 Å². The van der Waals surface area contributed by atoms with E-state index in [-0.39, 0.29) is 36.0 Å². The number of alkyl halides is 3. The predicted molar refractivity (Wildman–Crippen MR) is 123 cm³/mol. The van der Waals surface area contributed by atoms with Crippen molar-refractivity contribution < 1.29 is 17.9 Å². The van der Waals surface area contributed by atoms with Crippen molar-refractivity contribution in [2.75, 3.05) is 38.2 Å². The predicted octanol–water partition coefficient (Wildman–Crippen LogP) is 4.43. The van der Waals surface area contributed by atoms with E-state index in [2.05, 4.69) is 15.2 Å². The fourth-order valence-corrected chi connectivity index (χ4v) is 3.22. The fourth-order valence-electron chi connectivity index (χ4n) is 3.22. The lowest BCUT2D eigenvalue weighted by atomic mass is 10.0. The molecule has 0 aromatic heterocycles. The van der Waals surface area contributed by atoms with Crippen LogP contribution in [0.2, 0.25) is 0 Å². The van der Waals surface area contributed by atoms with Crippen molar-refractivity contribution in [3.63, 3.8) is 0 Å². The number of nitrogens with one attached hydrogen (secondary N) is 1. The van der Waals surface area contributed by atoms with Crippen LogP contribution in [0, 0.1) is 6.92 Å². The van der Waals surface area contributed by atoms with E-state index in [1.165, 1.54) is 12.1 Å². The molecule has 0 bridgehead atoms. The maximum Gasteiger partial charge on any atom is 0.416 e. The number of aliphatic imine (C=N–C) groups is 1. The molecule has 2 aromatic carbocycles. The molecule has 3 rings (SSSR count). The van der Waals surface area contributed by atoms with Gasteiger partial charge >= 0.3 is 6.18 Å². The largest absolute Gasteiger partial charge is 0.416 e. The van der Waals surface area contributed by atoms with Gasteiger partial charge in [0.05, 0.1) is 31.4 Å². The Balaban J connectivity index is 0.00000320. The molecule has 1 aliphatic heterocycles. The van der Waals surface area contributed by atoms with Crippen LogP contribution in [-0.4, -0.2) is 43.7 Å². The highest BCUT2D eigenvalue weighted by Crippen LogP contribution is 2.31. The minimum Gasteiger partial charge on any atom is -0.379 e. The Bertz CT molecular complexity index is 820. The number of halogens is 4. The second-order valence-corrected chi connectivity index (χ2v) is 7.00. The van der Waals surface area contributed by atoms with E-state index in [9.17, 15) is 13.2 Å². The molecule has 164 valence electrons. The molecule has 1 saturated heterocycles. The van der Waals surface area contributed by atoms with Crippen molar-refractivity contribution in [3.05, 3.63) is 65.2 Å². The maximum atomic E-state index is 12.9. The average Bonchev–Trinajstić information content (AvgIpc) is 2.70. The van der Waals surface area contributed by atoms with Gasteiger partial charge in [-0.2, -0.15) is 13.2 Å². The number of hydrogen-bond donors (Lipinski definition) is 2. The fraction of sp³-hybridized carbons (Fsp3) is 0.381. The molecule has 0 amide bonds. The van der Waals surface area contributed by atoms with Gasteiger partial charge in [0.1, 0.15) is 0 Å². The average molecular weight is 534 g/mol. The summed E-state index contributed by atoms with van der Waals surface area (Å²) in [7, 11) is 0. The first kappa shape index (κ1) is 24.4. The van der Waals surface area contributed by atoms with Gasteiger partial charge in [0.2, 0.25) is 0 Å². The van der Waals surface area contributed by atoms with Gasteiger partial charge in [-0.3, -0.25) is 9.89 Å². The Morgan fingerprint density at radius 1 is 1.10 bits per heavy atom. The van der Waals surface area contributed by atoms with Crippen LogP contribution in [-0.2, 0) is 10.9 Å². The van der Waals surface area contributed by atoms with Crippen LogP contribution in [0.4, 0.5) is 18.9 Å². The van der Waals surface area contributed by atoms with Gasteiger partial charge < -0.3 is 15.8 Å². The highest BCUT2D eigenvalue weighted by Gasteiger charge is 2.31. The molecule has 0 saturated carbocycles. The Labute approximate surface area is 191 Å². The van der Waals surface area contributed by atoms with Gasteiger partial charge in [0, 0.05) is 18.8 Å². The van der Waals surface area contributed by atoms with E-state index in [0.717, 1.165) is 28.9 Å². The van der Waals surface area contributed by atoms with Crippen molar-refractivity contribution in [2.45, 2.75) is 19.1 Å². The van der Waals surface area contributed by atoms with Crippen LogP contribution in [0.1, 0.15) is 22.7 Å². The first-order chi connectivity index (χ1) is 13.8. The number of aryl methyl sites for hydroxylation is 1. The summed E-state index contributed by atoms with van der Waals surface area (Å²) in [6.45, 7) is 4.86. The molecule has 1 aliphatic rings. The topological polar surface area (TPSA) is 62.9 Å². The van der Waals surface area contributed by atoms with E-state index >= 15 is 0 Å². The summed E-state index contributed by atoms with van der Waals surface area (Å²) in [6.07, 6.45) is -4.35. The summed E-state index contributed by atoms with van der Waals surface area (Å²) in [5.41, 5.74) is 8.10. The number of rotatable bonds is 5. The number of hydrogen-bond acceptors (Lipinski definition) is 3. The maximum absolute atomic E-state index is 12.9. The molecule has 0 spiro atoms. The van der Waals surface area contributed by atoms with Gasteiger partial charge in [0.25, 0.3) is 0 Å². The lowest BCUT2D eigenvalue weighted by Gasteiger charge is -2.34. The minimum atomic E-state index is -4.35. The standard InChI is InChI=1S/C21H25F3N4O.HI/c1-15-2-8-18(9-3-15)27-20(25)26-14-19(28-10-12-29-13-11-28)16-4-6-17(7-5-16)21(22,23)24;/h2-9,19H,10-14H2,1H3,(H3,25,26,27);1H. The Hall–Kier alpha value is -1.85. The SMILES string of the molecule is Cc1ccc(NC(N)=NCC(c2ccc(C(F)(F)F)cc2)N2CCOCC2)cc1.I. The highest BCUT2D eigenvalue weighted by atomic mass is 127. The summed E-state index contributed by atoms with van der Waals surface area (Å²) < 4.78 is 44.1. The first-order valence-electron chi connectivity index (χ1n) is 9.45. The number of nitrogens with two attached hydrogens (primary N) is 1. The van der Waals surface area contributed by atoms with Crippen molar-refractivity contribution >= 4 is 35.6 Å². The van der Waals surface area contributed by atoms with E-state index in [1.807, 2.05) is 31.2 Å². The van der Waals surface area contributed by atoms with Crippen LogP contribution in [0.25, 0.3) is 0 Å². The number of ether oxygens (including phenoxy) is 1. The number of benzene rings is 2. The molecular formula is C21H26F3IN4O. The lowest BCUT2D eigenvalue weighted by Crippen LogP contribution is -2.40. The van der Waals surface area contributed by atoms with Crippen LogP contribution in [0.15, 0.2) is 53.5 Å². The third-order valence-electron chi connectivity index (χ3n) is 4.87. The van der Waals surface area contributed by atoms with Crippen LogP contribution >= 0.6 is 24.0 Å². The van der Waals surface area contributed by atoms with Crippen molar-refractivity contribution in [1.29, 1.82) is 0 Å². The normalized spacial score (nSPS) is 16.6. The quantitative estimate of drug-likeness (QED) is 0.339. The number of anilines is 1. The molecule has 3 N–H and O–H groups in total. The monoisotopic (exact) mass is 534 g/mol. The van der Waals surface area contributed by atoms with Crippen LogP contribution < -0.4 is 11.1 Å². The Morgan fingerprint density at radius 3 is 2.27 bits per heavy atom. The third-order valence-corrected chi connectivity index (χ3v) is 4.87. The summed E-state index contributed by atoms with van der Waals surface area (Å²) >= 11 is 0.